The predicted molar refractivity (Wildman–Crippen MR) is 158 cm³/mol. The second kappa shape index (κ2) is 11.4. The molecule has 2 atom stereocenters. The van der Waals surface area contributed by atoms with E-state index >= 15 is 0 Å². The maximum absolute atomic E-state index is 14.2. The van der Waals surface area contributed by atoms with Crippen molar-refractivity contribution in [3.8, 4) is 11.5 Å². The molecule has 2 aliphatic heterocycles. The number of H-pyrrole nitrogens is 1. The summed E-state index contributed by atoms with van der Waals surface area (Å²) >= 11 is 0. The zero-order chi connectivity index (χ0) is 28.5. The molecule has 0 saturated heterocycles. The lowest BCUT2D eigenvalue weighted by atomic mass is 9.80. The number of ether oxygens (including phenoxy) is 2. The van der Waals surface area contributed by atoms with Crippen molar-refractivity contribution in [3.63, 3.8) is 0 Å². The number of para-hydroxylation sites is 1. The molecule has 0 bridgehead atoms. The van der Waals surface area contributed by atoms with Crippen LogP contribution in [0.3, 0.4) is 0 Å². The molecule has 0 spiro atoms. The fourth-order valence-electron chi connectivity index (χ4n) is 6.34. The number of aromatic amines is 1. The van der Waals surface area contributed by atoms with Crippen molar-refractivity contribution in [3.05, 3.63) is 130 Å². The van der Waals surface area contributed by atoms with E-state index in [0.29, 0.717) is 17.1 Å². The van der Waals surface area contributed by atoms with Gasteiger partial charge in [-0.25, -0.2) is 8.78 Å². The van der Waals surface area contributed by atoms with Crippen LogP contribution in [0.25, 0.3) is 10.9 Å². The van der Waals surface area contributed by atoms with Crippen LogP contribution in [0.5, 0.6) is 11.5 Å². The van der Waals surface area contributed by atoms with E-state index in [2.05, 4.69) is 40.2 Å². The van der Waals surface area contributed by atoms with Gasteiger partial charge in [-0.05, 0) is 71.5 Å². The number of aromatic nitrogens is 1. The summed E-state index contributed by atoms with van der Waals surface area (Å²) in [5, 5.41) is 1.23. The molecular formula is C35H34F2N2O2. The molecule has 3 heterocycles. The molecule has 0 radical (unpaired) electrons. The molecule has 4 aromatic carbocycles. The van der Waals surface area contributed by atoms with Gasteiger partial charge in [0.05, 0.1) is 13.2 Å². The Morgan fingerprint density at radius 2 is 1.66 bits per heavy atom. The van der Waals surface area contributed by atoms with Crippen molar-refractivity contribution in [2.24, 2.45) is 0 Å². The number of nitrogens with one attached hydrogen (secondary N) is 1. The van der Waals surface area contributed by atoms with Crippen molar-refractivity contribution in [2.45, 2.75) is 45.4 Å². The van der Waals surface area contributed by atoms with Crippen molar-refractivity contribution >= 4 is 10.9 Å². The number of benzene rings is 4. The summed E-state index contributed by atoms with van der Waals surface area (Å²) in [6.07, 6.45) is 1.68. The van der Waals surface area contributed by atoms with E-state index in [-0.39, 0.29) is 30.3 Å². The van der Waals surface area contributed by atoms with Crippen LogP contribution >= 0.6 is 0 Å². The molecule has 7 rings (SSSR count). The molecule has 210 valence electrons. The standard InChI is InChI=1S/C33H28F2N2O2.C2H6/c1-38-30-18-25-21(16-31(30)39-19-22-6-2-4-8-27(22)35)14-15-37-29(25)17-26-24-7-3-5-9-28(24)36-32(26)33(37)20-10-12-23(34)13-11-20;1-2/h2-13,16,18,29,33,36H,14-15,17,19H2,1H3;1-2H3. The number of hydrogen-bond acceptors (Lipinski definition) is 3. The van der Waals surface area contributed by atoms with Crippen LogP contribution in [0.1, 0.15) is 59.4 Å². The minimum Gasteiger partial charge on any atom is -0.493 e. The third kappa shape index (κ3) is 4.87. The highest BCUT2D eigenvalue weighted by Gasteiger charge is 2.41. The van der Waals surface area contributed by atoms with Crippen molar-refractivity contribution in [1.82, 2.24) is 9.88 Å². The molecule has 2 unspecified atom stereocenters. The highest BCUT2D eigenvalue weighted by Crippen LogP contribution is 2.49. The lowest BCUT2D eigenvalue weighted by Gasteiger charge is -2.46. The number of fused-ring (bicyclic) bond motifs is 6. The van der Waals surface area contributed by atoms with Crippen LogP contribution in [-0.4, -0.2) is 23.5 Å². The Labute approximate surface area is 239 Å². The number of halogens is 2. The highest BCUT2D eigenvalue weighted by molar-refractivity contribution is 5.85. The summed E-state index contributed by atoms with van der Waals surface area (Å²) in [5.74, 6) is 0.731. The van der Waals surface area contributed by atoms with Gasteiger partial charge in [0.1, 0.15) is 18.2 Å². The van der Waals surface area contributed by atoms with Gasteiger partial charge in [0.2, 0.25) is 0 Å². The van der Waals surface area contributed by atoms with E-state index in [9.17, 15) is 8.78 Å². The molecular weight excluding hydrogens is 518 g/mol. The van der Waals surface area contributed by atoms with E-state index < -0.39 is 0 Å². The molecule has 1 aromatic heterocycles. The van der Waals surface area contributed by atoms with E-state index in [0.717, 1.165) is 30.5 Å². The summed E-state index contributed by atoms with van der Waals surface area (Å²) < 4.78 is 39.9. The number of nitrogens with zero attached hydrogens (tertiary/aromatic N) is 1. The lowest BCUT2D eigenvalue weighted by Crippen LogP contribution is -2.43. The summed E-state index contributed by atoms with van der Waals surface area (Å²) in [5.41, 5.74) is 7.58. The normalized spacial score (nSPS) is 17.6. The first-order valence-corrected chi connectivity index (χ1v) is 14.3. The number of methoxy groups -OCH3 is 1. The minimum atomic E-state index is -0.284. The van der Waals surface area contributed by atoms with Gasteiger partial charge >= 0.3 is 0 Å². The van der Waals surface area contributed by atoms with Gasteiger partial charge in [-0.2, -0.15) is 0 Å². The predicted octanol–water partition coefficient (Wildman–Crippen LogP) is 8.30. The second-order valence-corrected chi connectivity index (χ2v) is 10.3. The average molecular weight is 553 g/mol. The molecule has 1 N–H and O–H groups in total. The fraction of sp³-hybridized carbons (Fsp3) is 0.257. The Bertz CT molecular complexity index is 1680. The maximum atomic E-state index is 14.2. The van der Waals surface area contributed by atoms with Gasteiger partial charge in [-0.1, -0.05) is 62.4 Å². The maximum Gasteiger partial charge on any atom is 0.161 e. The second-order valence-electron chi connectivity index (χ2n) is 10.3. The summed E-state index contributed by atoms with van der Waals surface area (Å²) in [6, 6.07) is 26.2. The summed E-state index contributed by atoms with van der Waals surface area (Å²) in [4.78, 5) is 6.21. The van der Waals surface area contributed by atoms with Crippen LogP contribution in [0, 0.1) is 11.6 Å². The Morgan fingerprint density at radius 1 is 0.902 bits per heavy atom. The molecule has 6 heteroatoms. The molecule has 0 fully saturated rings. The Morgan fingerprint density at radius 3 is 2.44 bits per heavy atom. The van der Waals surface area contributed by atoms with Gasteiger partial charge in [-0.3, -0.25) is 4.90 Å². The Hall–Kier alpha value is -4.16. The first-order chi connectivity index (χ1) is 20.1. The van der Waals surface area contributed by atoms with Gasteiger partial charge < -0.3 is 14.5 Å². The largest absolute Gasteiger partial charge is 0.493 e. The topological polar surface area (TPSA) is 37.5 Å². The first-order valence-electron chi connectivity index (χ1n) is 14.3. The van der Waals surface area contributed by atoms with Gasteiger partial charge in [0.15, 0.2) is 11.5 Å². The van der Waals surface area contributed by atoms with Crippen LogP contribution in [0.2, 0.25) is 0 Å². The zero-order valence-electron chi connectivity index (χ0n) is 23.6. The van der Waals surface area contributed by atoms with Crippen molar-refractivity contribution in [1.29, 1.82) is 0 Å². The molecule has 5 aromatic rings. The van der Waals surface area contributed by atoms with Gasteiger partial charge in [0, 0.05) is 34.7 Å². The fourth-order valence-corrected chi connectivity index (χ4v) is 6.34. The first kappa shape index (κ1) is 27.0. The van der Waals surface area contributed by atoms with Crippen LogP contribution in [-0.2, 0) is 19.4 Å². The SMILES string of the molecule is CC.COc1cc2c(cc1OCc1ccccc1F)CCN1C2Cc2c([nH]c3ccccc23)C1c1ccc(F)cc1. The summed E-state index contributed by atoms with van der Waals surface area (Å²) in [6.45, 7) is 4.97. The minimum absolute atomic E-state index is 0.0251. The van der Waals surface area contributed by atoms with Crippen molar-refractivity contribution < 1.29 is 18.3 Å². The van der Waals surface area contributed by atoms with Crippen molar-refractivity contribution in [2.75, 3.05) is 13.7 Å². The van der Waals surface area contributed by atoms with Crippen LogP contribution in [0.4, 0.5) is 8.78 Å². The third-order valence-electron chi connectivity index (χ3n) is 8.20. The monoisotopic (exact) mass is 552 g/mol. The average Bonchev–Trinajstić information content (AvgIpc) is 3.39. The van der Waals surface area contributed by atoms with E-state index in [4.69, 9.17) is 9.47 Å². The number of hydrogen-bond donors (Lipinski definition) is 1. The Kier molecular flexibility index (Phi) is 7.50. The molecule has 4 nitrogen and oxygen atoms in total. The quantitative estimate of drug-likeness (QED) is 0.238. The van der Waals surface area contributed by atoms with Crippen LogP contribution in [0.15, 0.2) is 84.9 Å². The molecule has 0 saturated carbocycles. The van der Waals surface area contributed by atoms with Gasteiger partial charge in [0.25, 0.3) is 0 Å². The smallest absolute Gasteiger partial charge is 0.161 e. The Balaban J connectivity index is 0.00000148. The van der Waals surface area contributed by atoms with E-state index in [1.54, 1.807) is 37.4 Å². The summed E-state index contributed by atoms with van der Waals surface area (Å²) in [7, 11) is 1.64. The van der Waals surface area contributed by atoms with Gasteiger partial charge in [-0.15, -0.1) is 0 Å². The van der Waals surface area contributed by atoms with E-state index in [1.807, 2.05) is 32.0 Å². The molecule has 0 amide bonds. The number of rotatable bonds is 5. The molecule has 41 heavy (non-hydrogen) atoms. The van der Waals surface area contributed by atoms with E-state index in [1.165, 1.54) is 33.8 Å². The van der Waals surface area contributed by atoms with Crippen LogP contribution < -0.4 is 9.47 Å². The molecule has 0 aliphatic carbocycles. The lowest BCUT2D eigenvalue weighted by molar-refractivity contribution is 0.127. The third-order valence-corrected chi connectivity index (χ3v) is 8.20. The highest BCUT2D eigenvalue weighted by atomic mass is 19.1. The molecule has 2 aliphatic rings. The zero-order valence-corrected chi connectivity index (χ0v) is 23.6.